The number of carboxylic acid groups (broad SMARTS) is 1. The number of fused-ring (bicyclic) bond motifs is 1. The summed E-state index contributed by atoms with van der Waals surface area (Å²) in [7, 11) is 0. The molecule has 0 bridgehead atoms. The maximum atomic E-state index is 12.5. The molecule has 0 atom stereocenters. The first-order valence-electron chi connectivity index (χ1n) is 7.86. The highest BCUT2D eigenvalue weighted by molar-refractivity contribution is 6.07. The number of anilines is 1. The van der Waals surface area contributed by atoms with Crippen LogP contribution in [0.4, 0.5) is 5.69 Å². The SMILES string of the molecule is Cc1ccc(NC(=O)c2cc3c([nH]c2=O)CCCC3)c(C(=O)O)c1. The van der Waals surface area contributed by atoms with E-state index in [9.17, 15) is 19.5 Å². The molecule has 0 saturated heterocycles. The van der Waals surface area contributed by atoms with Gasteiger partial charge < -0.3 is 15.4 Å². The molecule has 1 amide bonds. The lowest BCUT2D eigenvalue weighted by Gasteiger charge is -2.16. The van der Waals surface area contributed by atoms with Gasteiger partial charge in [0.25, 0.3) is 11.5 Å². The molecule has 6 nitrogen and oxygen atoms in total. The van der Waals surface area contributed by atoms with Crippen molar-refractivity contribution in [3.05, 3.63) is 62.6 Å². The van der Waals surface area contributed by atoms with Gasteiger partial charge in [0.1, 0.15) is 5.56 Å². The number of carbonyl (C=O) groups is 2. The predicted molar refractivity (Wildman–Crippen MR) is 89.8 cm³/mol. The average molecular weight is 326 g/mol. The molecular weight excluding hydrogens is 308 g/mol. The molecule has 2 aromatic rings. The van der Waals surface area contributed by atoms with E-state index in [0.717, 1.165) is 42.5 Å². The third-order valence-electron chi connectivity index (χ3n) is 4.24. The molecular formula is C18H18N2O4. The summed E-state index contributed by atoms with van der Waals surface area (Å²) in [5.74, 6) is -1.73. The molecule has 124 valence electrons. The van der Waals surface area contributed by atoms with Crippen LogP contribution in [-0.2, 0) is 12.8 Å². The number of hydrogen-bond acceptors (Lipinski definition) is 3. The molecule has 0 saturated carbocycles. The molecule has 1 aromatic carbocycles. The standard InChI is InChI=1S/C18H18N2O4/c1-10-6-7-15(12(8-10)18(23)24)20-17(22)13-9-11-4-2-3-5-14(11)19-16(13)21/h6-9H,2-5H2,1H3,(H,19,21)(H,20,22)(H,23,24). The van der Waals surface area contributed by atoms with Crippen molar-refractivity contribution in [1.29, 1.82) is 0 Å². The number of amides is 1. The molecule has 0 spiro atoms. The smallest absolute Gasteiger partial charge is 0.337 e. The second-order valence-electron chi connectivity index (χ2n) is 6.03. The van der Waals surface area contributed by atoms with Gasteiger partial charge in [-0.05, 0) is 56.4 Å². The Bertz CT molecular complexity index is 883. The van der Waals surface area contributed by atoms with Crippen LogP contribution in [0.3, 0.4) is 0 Å². The second-order valence-corrected chi connectivity index (χ2v) is 6.03. The Balaban J connectivity index is 1.94. The van der Waals surface area contributed by atoms with Crippen LogP contribution in [0.5, 0.6) is 0 Å². The molecule has 0 aliphatic heterocycles. The first kappa shape index (κ1) is 16.0. The summed E-state index contributed by atoms with van der Waals surface area (Å²) in [4.78, 5) is 38.7. The van der Waals surface area contributed by atoms with E-state index in [0.29, 0.717) is 0 Å². The third kappa shape index (κ3) is 3.08. The number of carbonyl (C=O) groups excluding carboxylic acids is 1. The van der Waals surface area contributed by atoms with Crippen LogP contribution in [0.15, 0.2) is 29.1 Å². The minimum atomic E-state index is -1.13. The normalized spacial score (nSPS) is 13.2. The van der Waals surface area contributed by atoms with E-state index in [2.05, 4.69) is 10.3 Å². The summed E-state index contributed by atoms with van der Waals surface area (Å²) < 4.78 is 0. The van der Waals surface area contributed by atoms with Gasteiger partial charge in [-0.25, -0.2) is 4.79 Å². The van der Waals surface area contributed by atoms with Crippen LogP contribution < -0.4 is 10.9 Å². The fourth-order valence-electron chi connectivity index (χ4n) is 2.98. The largest absolute Gasteiger partial charge is 0.478 e. The highest BCUT2D eigenvalue weighted by atomic mass is 16.4. The molecule has 1 aliphatic carbocycles. The summed E-state index contributed by atoms with van der Waals surface area (Å²) in [6, 6.07) is 6.34. The number of benzene rings is 1. The van der Waals surface area contributed by atoms with E-state index in [1.54, 1.807) is 19.1 Å². The van der Waals surface area contributed by atoms with Crippen LogP contribution in [-0.4, -0.2) is 22.0 Å². The van der Waals surface area contributed by atoms with Gasteiger partial charge in [0.2, 0.25) is 0 Å². The van der Waals surface area contributed by atoms with Crippen molar-refractivity contribution < 1.29 is 14.7 Å². The van der Waals surface area contributed by atoms with E-state index in [-0.39, 0.29) is 16.8 Å². The van der Waals surface area contributed by atoms with Crippen LogP contribution >= 0.6 is 0 Å². The van der Waals surface area contributed by atoms with Gasteiger partial charge in [-0.1, -0.05) is 11.6 Å². The van der Waals surface area contributed by atoms with E-state index >= 15 is 0 Å². The van der Waals surface area contributed by atoms with Crippen molar-refractivity contribution in [2.45, 2.75) is 32.6 Å². The number of rotatable bonds is 3. The minimum Gasteiger partial charge on any atom is -0.478 e. The number of H-pyrrole nitrogens is 1. The molecule has 3 rings (SSSR count). The highest BCUT2D eigenvalue weighted by Gasteiger charge is 2.19. The van der Waals surface area contributed by atoms with Crippen LogP contribution in [0, 0.1) is 6.92 Å². The van der Waals surface area contributed by atoms with E-state index < -0.39 is 17.4 Å². The van der Waals surface area contributed by atoms with Crippen LogP contribution in [0.2, 0.25) is 0 Å². The molecule has 3 N–H and O–H groups in total. The number of hydrogen-bond donors (Lipinski definition) is 3. The van der Waals surface area contributed by atoms with Crippen LogP contribution in [0.25, 0.3) is 0 Å². The van der Waals surface area contributed by atoms with Crippen LogP contribution in [0.1, 0.15) is 50.4 Å². The molecule has 0 unspecified atom stereocenters. The maximum Gasteiger partial charge on any atom is 0.337 e. The zero-order valence-electron chi connectivity index (χ0n) is 13.3. The monoisotopic (exact) mass is 326 g/mol. The van der Waals surface area contributed by atoms with Crippen molar-refractivity contribution in [1.82, 2.24) is 4.98 Å². The quantitative estimate of drug-likeness (QED) is 0.807. The van der Waals surface area contributed by atoms with Gasteiger partial charge in [0, 0.05) is 5.69 Å². The first-order chi connectivity index (χ1) is 11.5. The third-order valence-corrected chi connectivity index (χ3v) is 4.24. The molecule has 6 heteroatoms. The lowest BCUT2D eigenvalue weighted by molar-refractivity contribution is 0.0698. The Morgan fingerprint density at radius 2 is 1.88 bits per heavy atom. The van der Waals surface area contributed by atoms with E-state index in [1.807, 2.05) is 0 Å². The molecule has 1 aliphatic rings. The number of carboxylic acids is 1. The van der Waals surface area contributed by atoms with Gasteiger partial charge in [0.05, 0.1) is 11.3 Å². The summed E-state index contributed by atoms with van der Waals surface area (Å²) in [5, 5.41) is 11.8. The average Bonchev–Trinajstić information content (AvgIpc) is 2.55. The number of aromatic amines is 1. The molecule has 1 aromatic heterocycles. The van der Waals surface area contributed by atoms with Gasteiger partial charge >= 0.3 is 5.97 Å². The van der Waals surface area contributed by atoms with Crippen molar-refractivity contribution >= 4 is 17.6 Å². The molecule has 0 fully saturated rings. The fraction of sp³-hybridized carbons (Fsp3) is 0.278. The number of pyridine rings is 1. The Hall–Kier alpha value is -2.89. The Morgan fingerprint density at radius 1 is 1.12 bits per heavy atom. The number of nitrogens with one attached hydrogen (secondary N) is 2. The predicted octanol–water partition coefficient (Wildman–Crippen LogP) is 2.51. The lowest BCUT2D eigenvalue weighted by Crippen LogP contribution is -2.26. The maximum absolute atomic E-state index is 12.5. The zero-order chi connectivity index (χ0) is 17.3. The van der Waals surface area contributed by atoms with Gasteiger partial charge in [0.15, 0.2) is 0 Å². The second kappa shape index (κ2) is 6.31. The van der Waals surface area contributed by atoms with Crippen molar-refractivity contribution in [2.75, 3.05) is 5.32 Å². The Kier molecular flexibility index (Phi) is 4.20. The molecule has 24 heavy (non-hydrogen) atoms. The minimum absolute atomic E-state index is 0.00209. The number of aromatic carboxylic acids is 1. The Morgan fingerprint density at radius 3 is 2.62 bits per heavy atom. The van der Waals surface area contributed by atoms with Crippen molar-refractivity contribution in [3.63, 3.8) is 0 Å². The fourth-order valence-corrected chi connectivity index (χ4v) is 2.98. The lowest BCUT2D eigenvalue weighted by atomic mass is 9.95. The molecule has 0 radical (unpaired) electrons. The van der Waals surface area contributed by atoms with Crippen molar-refractivity contribution in [3.8, 4) is 0 Å². The van der Waals surface area contributed by atoms with E-state index in [4.69, 9.17) is 0 Å². The first-order valence-corrected chi connectivity index (χ1v) is 7.86. The topological polar surface area (TPSA) is 99.3 Å². The highest BCUT2D eigenvalue weighted by Crippen LogP contribution is 2.20. The number of aromatic nitrogens is 1. The molecule has 1 heterocycles. The Labute approximate surface area is 138 Å². The van der Waals surface area contributed by atoms with Crippen molar-refractivity contribution in [2.24, 2.45) is 0 Å². The summed E-state index contributed by atoms with van der Waals surface area (Å²) >= 11 is 0. The zero-order valence-corrected chi connectivity index (χ0v) is 13.3. The van der Waals surface area contributed by atoms with E-state index in [1.165, 1.54) is 12.1 Å². The summed E-state index contributed by atoms with van der Waals surface area (Å²) in [6.45, 7) is 1.77. The summed E-state index contributed by atoms with van der Waals surface area (Å²) in [5.41, 5.74) is 2.38. The van der Waals surface area contributed by atoms with Gasteiger partial charge in [-0.15, -0.1) is 0 Å². The van der Waals surface area contributed by atoms with Gasteiger partial charge in [-0.2, -0.15) is 0 Å². The number of aryl methyl sites for hydroxylation is 3. The summed E-state index contributed by atoms with van der Waals surface area (Å²) in [6.07, 6.45) is 3.70. The van der Waals surface area contributed by atoms with Gasteiger partial charge in [-0.3, -0.25) is 9.59 Å².